The van der Waals surface area contributed by atoms with Crippen LogP contribution in [-0.4, -0.2) is 24.9 Å². The highest BCUT2D eigenvalue weighted by atomic mass is 32.2. The second kappa shape index (κ2) is 7.70. The minimum Gasteiger partial charge on any atom is -0.464 e. The average Bonchev–Trinajstić information content (AvgIpc) is 2.47. The van der Waals surface area contributed by atoms with E-state index in [0.717, 1.165) is 12.0 Å². The van der Waals surface area contributed by atoms with Crippen molar-refractivity contribution in [3.63, 3.8) is 0 Å². The molecule has 0 heterocycles. The maximum Gasteiger partial charge on any atom is 0.330 e. The molecule has 0 radical (unpaired) electrons. The molecule has 112 valence electrons. The molecule has 0 aliphatic heterocycles. The van der Waals surface area contributed by atoms with Crippen LogP contribution in [0.5, 0.6) is 0 Å². The van der Waals surface area contributed by atoms with E-state index in [1.54, 1.807) is 11.8 Å². The number of esters is 1. The van der Waals surface area contributed by atoms with Crippen LogP contribution in [0.3, 0.4) is 0 Å². The normalized spacial score (nSPS) is 15.4. The van der Waals surface area contributed by atoms with Crippen LogP contribution in [0, 0.1) is 0 Å². The molecule has 1 N–H and O–H groups in total. The van der Waals surface area contributed by atoms with Gasteiger partial charge in [0.25, 0.3) is 0 Å². The van der Waals surface area contributed by atoms with Crippen LogP contribution in [0.25, 0.3) is 0 Å². The second-order valence-corrected chi connectivity index (χ2v) is 5.91. The van der Waals surface area contributed by atoms with Gasteiger partial charge >= 0.3 is 5.97 Å². The van der Waals surface area contributed by atoms with Crippen molar-refractivity contribution >= 4 is 17.7 Å². The lowest BCUT2D eigenvalue weighted by Gasteiger charge is -2.32. The zero-order chi connectivity index (χ0) is 15.2. The largest absolute Gasteiger partial charge is 0.464 e. The monoisotopic (exact) mass is 295 g/mol. The third-order valence-electron chi connectivity index (χ3n) is 3.50. The third-order valence-corrected chi connectivity index (χ3v) is 4.24. The van der Waals surface area contributed by atoms with Crippen molar-refractivity contribution < 1.29 is 9.53 Å². The summed E-state index contributed by atoms with van der Waals surface area (Å²) >= 11 is 1.69. The van der Waals surface area contributed by atoms with Crippen LogP contribution in [-0.2, 0) is 15.1 Å². The van der Waals surface area contributed by atoms with Crippen molar-refractivity contribution in [3.8, 4) is 0 Å². The van der Waals surface area contributed by atoms with Crippen LogP contribution < -0.4 is 5.32 Å². The standard InChI is InChI=1S/C16H25NO2S/c1-6-12(3)17-16(4,15(18)19-7-2)13-8-10-14(20-5)11-9-13/h8-12,17H,6-7H2,1-5H3. The van der Waals surface area contributed by atoms with Crippen molar-refractivity contribution in [3.05, 3.63) is 29.8 Å². The SMILES string of the molecule is CCOC(=O)C(C)(NC(C)CC)c1ccc(SC)cc1. The Morgan fingerprint density at radius 2 is 1.95 bits per heavy atom. The van der Waals surface area contributed by atoms with Crippen molar-refractivity contribution in [1.29, 1.82) is 0 Å². The lowest BCUT2D eigenvalue weighted by molar-refractivity contribution is -0.151. The van der Waals surface area contributed by atoms with Crippen molar-refractivity contribution in [2.45, 2.75) is 50.6 Å². The number of benzene rings is 1. The number of hydrogen-bond acceptors (Lipinski definition) is 4. The Kier molecular flexibility index (Phi) is 6.56. The molecule has 0 aromatic heterocycles. The van der Waals surface area contributed by atoms with Gasteiger partial charge in [0, 0.05) is 10.9 Å². The molecule has 0 spiro atoms. The molecule has 20 heavy (non-hydrogen) atoms. The average molecular weight is 295 g/mol. The summed E-state index contributed by atoms with van der Waals surface area (Å²) in [6.07, 6.45) is 2.99. The third kappa shape index (κ3) is 4.00. The molecule has 0 bridgehead atoms. The van der Waals surface area contributed by atoms with E-state index in [0.29, 0.717) is 6.61 Å². The van der Waals surface area contributed by atoms with Crippen LogP contribution in [0.1, 0.15) is 39.7 Å². The predicted octanol–water partition coefficient (Wildman–Crippen LogP) is 3.57. The zero-order valence-electron chi connectivity index (χ0n) is 13.0. The van der Waals surface area contributed by atoms with Gasteiger partial charge in [-0.15, -0.1) is 11.8 Å². The first kappa shape index (κ1) is 17.1. The quantitative estimate of drug-likeness (QED) is 0.616. The van der Waals surface area contributed by atoms with Crippen LogP contribution in [0.4, 0.5) is 0 Å². The summed E-state index contributed by atoms with van der Waals surface area (Å²) in [5.74, 6) is -0.225. The summed E-state index contributed by atoms with van der Waals surface area (Å²) < 4.78 is 5.26. The molecule has 2 atom stereocenters. The van der Waals surface area contributed by atoms with Gasteiger partial charge in [0.2, 0.25) is 0 Å². The molecule has 0 aliphatic carbocycles. The number of thioether (sulfide) groups is 1. The van der Waals surface area contributed by atoms with Gasteiger partial charge in [0.05, 0.1) is 6.61 Å². The number of carbonyl (C=O) groups excluding carboxylic acids is 1. The lowest BCUT2D eigenvalue weighted by Crippen LogP contribution is -2.51. The number of carbonyl (C=O) groups is 1. The van der Waals surface area contributed by atoms with E-state index < -0.39 is 5.54 Å². The highest BCUT2D eigenvalue weighted by molar-refractivity contribution is 7.98. The molecular formula is C16H25NO2S. The van der Waals surface area contributed by atoms with E-state index in [2.05, 4.69) is 19.2 Å². The molecule has 1 aromatic rings. The molecular weight excluding hydrogens is 270 g/mol. The minimum atomic E-state index is -0.803. The van der Waals surface area contributed by atoms with Crippen LogP contribution >= 0.6 is 11.8 Å². The molecule has 1 rings (SSSR count). The number of rotatable bonds is 7. The number of hydrogen-bond donors (Lipinski definition) is 1. The molecule has 1 aromatic carbocycles. The van der Waals surface area contributed by atoms with Gasteiger partial charge in [-0.2, -0.15) is 0 Å². The van der Waals surface area contributed by atoms with E-state index in [1.165, 1.54) is 4.90 Å². The molecule has 0 amide bonds. The number of nitrogens with one attached hydrogen (secondary N) is 1. The summed E-state index contributed by atoms with van der Waals surface area (Å²) in [6, 6.07) is 8.31. The Hall–Kier alpha value is -1.00. The van der Waals surface area contributed by atoms with Crippen molar-refractivity contribution in [1.82, 2.24) is 5.32 Å². The fourth-order valence-electron chi connectivity index (χ4n) is 2.05. The fraction of sp³-hybridized carbons (Fsp3) is 0.562. The Morgan fingerprint density at radius 1 is 1.35 bits per heavy atom. The van der Waals surface area contributed by atoms with E-state index >= 15 is 0 Å². The Balaban J connectivity index is 3.10. The summed E-state index contributed by atoms with van der Waals surface area (Å²) in [7, 11) is 0. The topological polar surface area (TPSA) is 38.3 Å². The van der Waals surface area contributed by atoms with Crippen molar-refractivity contribution in [2.75, 3.05) is 12.9 Å². The molecule has 2 unspecified atom stereocenters. The van der Waals surface area contributed by atoms with E-state index in [1.807, 2.05) is 44.4 Å². The predicted molar refractivity (Wildman–Crippen MR) is 85.1 cm³/mol. The van der Waals surface area contributed by atoms with E-state index in [-0.39, 0.29) is 12.0 Å². The fourth-order valence-corrected chi connectivity index (χ4v) is 2.46. The number of ether oxygens (including phenoxy) is 1. The van der Waals surface area contributed by atoms with Crippen LogP contribution in [0.15, 0.2) is 29.2 Å². The lowest BCUT2D eigenvalue weighted by atomic mass is 9.91. The zero-order valence-corrected chi connectivity index (χ0v) is 13.8. The van der Waals surface area contributed by atoms with Gasteiger partial charge in [-0.05, 0) is 51.1 Å². The van der Waals surface area contributed by atoms with E-state index in [9.17, 15) is 4.79 Å². The highest BCUT2D eigenvalue weighted by Gasteiger charge is 2.37. The molecule has 0 aliphatic rings. The smallest absolute Gasteiger partial charge is 0.330 e. The van der Waals surface area contributed by atoms with Gasteiger partial charge in [0.1, 0.15) is 5.54 Å². The first-order valence-electron chi connectivity index (χ1n) is 7.07. The Morgan fingerprint density at radius 3 is 2.40 bits per heavy atom. The van der Waals surface area contributed by atoms with Gasteiger partial charge in [-0.3, -0.25) is 5.32 Å². The molecule has 0 fully saturated rings. The first-order valence-corrected chi connectivity index (χ1v) is 8.29. The molecule has 0 saturated carbocycles. The molecule has 0 saturated heterocycles. The first-order chi connectivity index (χ1) is 9.47. The molecule has 3 nitrogen and oxygen atoms in total. The highest BCUT2D eigenvalue weighted by Crippen LogP contribution is 2.26. The second-order valence-electron chi connectivity index (χ2n) is 5.03. The summed E-state index contributed by atoms with van der Waals surface area (Å²) in [4.78, 5) is 13.6. The van der Waals surface area contributed by atoms with Crippen molar-refractivity contribution in [2.24, 2.45) is 0 Å². The van der Waals surface area contributed by atoms with Gasteiger partial charge in [-0.25, -0.2) is 4.79 Å². The van der Waals surface area contributed by atoms with Gasteiger partial charge < -0.3 is 4.74 Å². The maximum atomic E-state index is 12.4. The summed E-state index contributed by atoms with van der Waals surface area (Å²) in [5, 5.41) is 3.40. The Labute approximate surface area is 126 Å². The van der Waals surface area contributed by atoms with E-state index in [4.69, 9.17) is 4.74 Å². The Bertz CT molecular complexity index is 433. The molecule has 4 heteroatoms. The maximum absolute atomic E-state index is 12.4. The summed E-state index contributed by atoms with van der Waals surface area (Å²) in [5.41, 5.74) is 0.136. The minimum absolute atomic E-state index is 0.225. The van der Waals surface area contributed by atoms with Gasteiger partial charge in [0.15, 0.2) is 0 Å². The summed E-state index contributed by atoms with van der Waals surface area (Å²) in [6.45, 7) is 8.29. The van der Waals surface area contributed by atoms with Crippen LogP contribution in [0.2, 0.25) is 0 Å². The van der Waals surface area contributed by atoms with Gasteiger partial charge in [-0.1, -0.05) is 19.1 Å².